The van der Waals surface area contributed by atoms with Gasteiger partial charge in [0.15, 0.2) is 23.2 Å². The summed E-state index contributed by atoms with van der Waals surface area (Å²) in [7, 11) is -3.93. The number of carbonyl (C=O) groups excluding carboxylic acids is 1. The summed E-state index contributed by atoms with van der Waals surface area (Å²) < 4.78 is 90.2. The van der Waals surface area contributed by atoms with Crippen LogP contribution in [0.5, 0.6) is 5.75 Å². The number of ketones is 1. The Kier molecular flexibility index (Phi) is 9.85. The molecule has 1 fully saturated rings. The van der Waals surface area contributed by atoms with E-state index in [1.54, 1.807) is 37.3 Å². The van der Waals surface area contributed by atoms with Crippen molar-refractivity contribution in [3.8, 4) is 5.75 Å². The number of rotatable bonds is 13. The molecule has 1 heterocycles. The lowest BCUT2D eigenvalue weighted by Gasteiger charge is -2.38. The Hall–Kier alpha value is -3.85. The van der Waals surface area contributed by atoms with Crippen molar-refractivity contribution in [1.82, 2.24) is 19.7 Å². The van der Waals surface area contributed by atoms with Gasteiger partial charge in [0, 0.05) is 6.07 Å². The molecule has 1 aromatic heterocycles. The Morgan fingerprint density at radius 1 is 1.09 bits per heavy atom. The van der Waals surface area contributed by atoms with E-state index in [2.05, 4.69) is 15.0 Å². The molecule has 2 aromatic carbocycles. The van der Waals surface area contributed by atoms with Crippen molar-refractivity contribution in [3.63, 3.8) is 0 Å². The van der Waals surface area contributed by atoms with E-state index < -0.39 is 75.4 Å². The lowest BCUT2D eigenvalue weighted by atomic mass is 9.75. The molecule has 0 bridgehead atoms. The molecule has 4 rings (SSSR count). The number of hydrogen-bond donors (Lipinski definition) is 2. The van der Waals surface area contributed by atoms with Gasteiger partial charge in [-0.25, -0.2) is 26.6 Å². The van der Waals surface area contributed by atoms with Crippen molar-refractivity contribution in [2.24, 2.45) is 5.92 Å². The molecule has 0 spiro atoms. The quantitative estimate of drug-likeness (QED) is 0.210. The number of carboxylic acids is 1. The van der Waals surface area contributed by atoms with Gasteiger partial charge in [-0.3, -0.25) is 9.59 Å². The highest BCUT2D eigenvalue weighted by Crippen LogP contribution is 2.39. The van der Waals surface area contributed by atoms with Crippen LogP contribution in [0, 0.1) is 29.2 Å². The SMILES string of the molecule is C[C@@](NS(=O)(=O)Cc1ccccc1)(c1cn(C(CC(=O)O)C(=O)COc2c(F)c(F)cc(F)c2F)nn1)C1CCCCC1. The molecule has 10 nitrogen and oxygen atoms in total. The zero-order valence-corrected chi connectivity index (χ0v) is 23.9. The second-order valence-corrected chi connectivity index (χ2v) is 12.4. The molecule has 0 saturated heterocycles. The van der Waals surface area contributed by atoms with Gasteiger partial charge in [0.25, 0.3) is 0 Å². The summed E-state index contributed by atoms with van der Waals surface area (Å²) in [5.41, 5.74) is -0.599. The molecule has 15 heteroatoms. The summed E-state index contributed by atoms with van der Waals surface area (Å²) in [5, 5.41) is 17.5. The molecule has 2 atom stereocenters. The first-order valence-corrected chi connectivity index (χ1v) is 15.1. The molecular formula is C28H30F4N4O6S. The molecule has 0 aliphatic heterocycles. The Morgan fingerprint density at radius 2 is 1.72 bits per heavy atom. The average Bonchev–Trinajstić information content (AvgIpc) is 3.46. The summed E-state index contributed by atoms with van der Waals surface area (Å²) in [6.45, 7) is 0.495. The van der Waals surface area contributed by atoms with Crippen LogP contribution in [0.2, 0.25) is 0 Å². The van der Waals surface area contributed by atoms with Crippen molar-refractivity contribution >= 4 is 21.8 Å². The minimum absolute atomic E-state index is 0.0269. The van der Waals surface area contributed by atoms with Crippen molar-refractivity contribution in [2.75, 3.05) is 6.61 Å². The van der Waals surface area contributed by atoms with E-state index in [1.807, 2.05) is 0 Å². The van der Waals surface area contributed by atoms with E-state index in [0.717, 1.165) is 23.9 Å². The molecule has 1 saturated carbocycles. The molecule has 2 N–H and O–H groups in total. The number of halogens is 4. The first-order valence-electron chi connectivity index (χ1n) is 13.5. The number of carboxylic acid groups (broad SMARTS) is 1. The van der Waals surface area contributed by atoms with Crippen LogP contribution in [0.4, 0.5) is 17.6 Å². The van der Waals surface area contributed by atoms with Gasteiger partial charge in [-0.2, -0.15) is 8.78 Å². The standard InChI is InChI=1S/C28H30F4N4O6S/c1-28(18-10-6-3-7-11-18,34-43(40,41)16-17-8-4-2-5-9-17)23-14-36(35-33-23)21(13-24(38)39)22(37)15-42-27-25(31)19(29)12-20(30)26(27)32/h2,4-5,8-9,12,14,18,21,34H,3,6-7,10-11,13,15-16H2,1H3,(H,38,39)/t21?,28-/m0/s1. The molecule has 0 radical (unpaired) electrons. The number of aliphatic carboxylic acids is 1. The Labute approximate surface area is 245 Å². The Bertz CT molecular complexity index is 1560. The van der Waals surface area contributed by atoms with Crippen molar-refractivity contribution in [1.29, 1.82) is 0 Å². The van der Waals surface area contributed by atoms with Crippen molar-refractivity contribution in [3.05, 3.63) is 77.1 Å². The molecule has 232 valence electrons. The highest BCUT2D eigenvalue weighted by atomic mass is 32.2. The molecule has 43 heavy (non-hydrogen) atoms. The fraction of sp³-hybridized carbons (Fsp3) is 0.429. The van der Waals surface area contributed by atoms with E-state index in [-0.39, 0.29) is 23.4 Å². The van der Waals surface area contributed by atoms with Crippen LogP contribution in [0.15, 0.2) is 42.6 Å². The number of hydrogen-bond acceptors (Lipinski definition) is 7. The van der Waals surface area contributed by atoms with Gasteiger partial charge in [0.1, 0.15) is 18.3 Å². The molecule has 1 aliphatic rings. The summed E-state index contributed by atoms with van der Waals surface area (Å²) in [4.78, 5) is 24.6. The van der Waals surface area contributed by atoms with Gasteiger partial charge in [-0.1, -0.05) is 54.8 Å². The number of Topliss-reactive ketones (excluding diaryl/α,β-unsaturated/α-hetero) is 1. The monoisotopic (exact) mass is 626 g/mol. The predicted octanol–water partition coefficient (Wildman–Crippen LogP) is 4.41. The van der Waals surface area contributed by atoms with Crippen LogP contribution >= 0.6 is 0 Å². The lowest BCUT2D eigenvalue weighted by Crippen LogP contribution is -2.50. The first kappa shape index (κ1) is 32.1. The number of carbonyl (C=O) groups is 2. The minimum Gasteiger partial charge on any atom is -0.481 e. The third-order valence-corrected chi connectivity index (χ3v) is 8.97. The van der Waals surface area contributed by atoms with Crippen LogP contribution in [-0.2, 0) is 30.9 Å². The maximum Gasteiger partial charge on any atom is 0.305 e. The van der Waals surface area contributed by atoms with Crippen molar-refractivity contribution < 1.29 is 45.4 Å². The number of aromatic nitrogens is 3. The summed E-state index contributed by atoms with van der Waals surface area (Å²) >= 11 is 0. The molecule has 1 unspecified atom stereocenters. The maximum absolute atomic E-state index is 14.0. The fourth-order valence-corrected chi connectivity index (χ4v) is 6.90. The third-order valence-electron chi connectivity index (χ3n) is 7.52. The van der Waals surface area contributed by atoms with E-state index in [1.165, 1.54) is 6.20 Å². The Balaban J connectivity index is 1.62. The van der Waals surface area contributed by atoms with Gasteiger partial charge >= 0.3 is 5.97 Å². The lowest BCUT2D eigenvalue weighted by molar-refractivity contribution is -0.140. The van der Waals surface area contributed by atoms with Crippen LogP contribution in [0.25, 0.3) is 0 Å². The van der Waals surface area contributed by atoms with E-state index in [4.69, 9.17) is 4.74 Å². The van der Waals surface area contributed by atoms with Gasteiger partial charge < -0.3 is 9.84 Å². The molecule has 3 aromatic rings. The second-order valence-electron chi connectivity index (χ2n) is 10.6. The van der Waals surface area contributed by atoms with E-state index in [0.29, 0.717) is 18.4 Å². The topological polar surface area (TPSA) is 140 Å². The van der Waals surface area contributed by atoms with Crippen molar-refractivity contribution in [2.45, 2.75) is 62.8 Å². The van der Waals surface area contributed by atoms with Gasteiger partial charge in [-0.15, -0.1) is 5.10 Å². The van der Waals surface area contributed by atoms with Crippen LogP contribution in [-0.4, -0.2) is 46.9 Å². The highest BCUT2D eigenvalue weighted by Gasteiger charge is 2.42. The zero-order chi connectivity index (χ0) is 31.4. The number of ether oxygens (including phenoxy) is 1. The average molecular weight is 627 g/mol. The number of benzene rings is 2. The van der Waals surface area contributed by atoms with E-state index in [9.17, 15) is 40.7 Å². The van der Waals surface area contributed by atoms with E-state index >= 15 is 0 Å². The maximum atomic E-state index is 14.0. The fourth-order valence-electron chi connectivity index (χ4n) is 5.28. The first-order chi connectivity index (χ1) is 20.3. The summed E-state index contributed by atoms with van der Waals surface area (Å²) in [5.74, 6) is -11.7. The smallest absolute Gasteiger partial charge is 0.305 e. The molecule has 0 amide bonds. The third kappa shape index (κ3) is 7.57. The minimum atomic E-state index is -3.93. The van der Waals surface area contributed by atoms with Crippen LogP contribution in [0.3, 0.4) is 0 Å². The Morgan fingerprint density at radius 3 is 2.33 bits per heavy atom. The van der Waals surface area contributed by atoms with Gasteiger partial charge in [0.2, 0.25) is 21.7 Å². The van der Waals surface area contributed by atoms with Gasteiger partial charge in [0.05, 0.1) is 23.9 Å². The normalized spacial score (nSPS) is 16.4. The van der Waals surface area contributed by atoms with Gasteiger partial charge in [-0.05, 0) is 31.2 Å². The predicted molar refractivity (Wildman–Crippen MR) is 144 cm³/mol. The van der Waals surface area contributed by atoms with Crippen LogP contribution < -0.4 is 9.46 Å². The molecular weight excluding hydrogens is 596 g/mol. The zero-order valence-electron chi connectivity index (χ0n) is 23.1. The number of sulfonamides is 1. The number of nitrogens with zero attached hydrogens (tertiary/aromatic N) is 3. The second kappa shape index (κ2) is 13.2. The largest absolute Gasteiger partial charge is 0.481 e. The summed E-state index contributed by atoms with van der Waals surface area (Å²) in [6.07, 6.45) is 4.40. The van der Waals surface area contributed by atoms with Crippen LogP contribution in [0.1, 0.15) is 62.7 Å². The highest BCUT2D eigenvalue weighted by molar-refractivity contribution is 7.88. The molecule has 1 aliphatic carbocycles. The summed E-state index contributed by atoms with van der Waals surface area (Å²) in [6, 6.07) is 6.90. The number of nitrogens with one attached hydrogen (secondary N) is 1.